The summed E-state index contributed by atoms with van der Waals surface area (Å²) in [7, 11) is 0. The summed E-state index contributed by atoms with van der Waals surface area (Å²) in [6, 6.07) is 5.46. The third kappa shape index (κ3) is 5.76. The van der Waals surface area contributed by atoms with Crippen LogP contribution in [0.3, 0.4) is 0 Å². The van der Waals surface area contributed by atoms with Gasteiger partial charge in [-0.3, -0.25) is 9.59 Å². The molecule has 0 saturated heterocycles. The highest BCUT2D eigenvalue weighted by molar-refractivity contribution is 5.86. The van der Waals surface area contributed by atoms with E-state index in [2.05, 4.69) is 16.7 Å². The van der Waals surface area contributed by atoms with Gasteiger partial charge < -0.3 is 15.4 Å². The van der Waals surface area contributed by atoms with E-state index in [1.165, 1.54) is 12.5 Å². The molecule has 0 heterocycles. The Morgan fingerprint density at radius 3 is 2.45 bits per heavy atom. The first kappa shape index (κ1) is 18.0. The number of carbonyl (C=O) groups excluding carboxylic acids is 2. The number of aryl methyl sites for hydroxylation is 2. The van der Waals surface area contributed by atoms with Crippen LogP contribution >= 0.6 is 0 Å². The highest BCUT2D eigenvalue weighted by Crippen LogP contribution is 2.18. The molecule has 0 spiro atoms. The lowest BCUT2D eigenvalue weighted by atomic mass is 10.0. The molecule has 0 aliphatic carbocycles. The maximum absolute atomic E-state index is 12.1. The molecule has 0 aliphatic rings. The molecule has 0 aliphatic heterocycles. The van der Waals surface area contributed by atoms with E-state index in [1.807, 2.05) is 39.8 Å². The van der Waals surface area contributed by atoms with Crippen molar-refractivity contribution in [2.24, 2.45) is 5.92 Å². The SMILES string of the molecule is CC(=O)N[C@@H](C(=O)NCCOc1ccc(C)cc1C)C(C)C. The van der Waals surface area contributed by atoms with Crippen LogP contribution in [0.1, 0.15) is 31.9 Å². The lowest BCUT2D eigenvalue weighted by Crippen LogP contribution is -2.49. The molecule has 1 aromatic carbocycles. The van der Waals surface area contributed by atoms with Gasteiger partial charge in [0.2, 0.25) is 11.8 Å². The molecule has 2 amide bonds. The molecule has 2 N–H and O–H groups in total. The normalized spacial score (nSPS) is 11.9. The monoisotopic (exact) mass is 306 g/mol. The van der Waals surface area contributed by atoms with Gasteiger partial charge in [-0.05, 0) is 31.4 Å². The molecule has 0 bridgehead atoms. The van der Waals surface area contributed by atoms with Crippen LogP contribution in [0.4, 0.5) is 0 Å². The first-order valence-corrected chi connectivity index (χ1v) is 7.56. The summed E-state index contributed by atoms with van der Waals surface area (Å²) in [5.41, 5.74) is 2.26. The van der Waals surface area contributed by atoms with Gasteiger partial charge in [-0.25, -0.2) is 0 Å². The number of ether oxygens (including phenoxy) is 1. The molecule has 122 valence electrons. The van der Waals surface area contributed by atoms with Crippen molar-refractivity contribution in [2.75, 3.05) is 13.2 Å². The zero-order valence-electron chi connectivity index (χ0n) is 14.0. The molecule has 0 saturated carbocycles. The van der Waals surface area contributed by atoms with Crippen LogP contribution in [-0.2, 0) is 9.59 Å². The zero-order valence-corrected chi connectivity index (χ0v) is 14.0. The van der Waals surface area contributed by atoms with Gasteiger partial charge in [0.15, 0.2) is 0 Å². The number of nitrogens with one attached hydrogen (secondary N) is 2. The van der Waals surface area contributed by atoms with Crippen molar-refractivity contribution in [3.05, 3.63) is 29.3 Å². The zero-order chi connectivity index (χ0) is 16.7. The molecule has 0 radical (unpaired) electrons. The molecule has 5 heteroatoms. The second-order valence-electron chi connectivity index (χ2n) is 5.83. The third-order valence-electron chi connectivity index (χ3n) is 3.30. The second-order valence-corrected chi connectivity index (χ2v) is 5.83. The summed E-state index contributed by atoms with van der Waals surface area (Å²) in [5.74, 6) is 0.459. The van der Waals surface area contributed by atoms with E-state index in [0.717, 1.165) is 11.3 Å². The summed E-state index contributed by atoms with van der Waals surface area (Å²) in [6.07, 6.45) is 0. The fourth-order valence-corrected chi connectivity index (χ4v) is 2.16. The largest absolute Gasteiger partial charge is 0.491 e. The van der Waals surface area contributed by atoms with Crippen LogP contribution in [0.2, 0.25) is 0 Å². The van der Waals surface area contributed by atoms with E-state index in [0.29, 0.717) is 13.2 Å². The minimum Gasteiger partial charge on any atom is -0.491 e. The van der Waals surface area contributed by atoms with Gasteiger partial charge >= 0.3 is 0 Å². The Kier molecular flexibility index (Phi) is 6.89. The molecular formula is C17H26N2O3. The van der Waals surface area contributed by atoms with Crippen molar-refractivity contribution in [3.63, 3.8) is 0 Å². The minimum atomic E-state index is -0.515. The van der Waals surface area contributed by atoms with Gasteiger partial charge in [0.05, 0.1) is 6.54 Å². The average Bonchev–Trinajstić information content (AvgIpc) is 2.42. The molecule has 0 unspecified atom stereocenters. The maximum atomic E-state index is 12.1. The summed E-state index contributed by atoms with van der Waals surface area (Å²) >= 11 is 0. The Hall–Kier alpha value is -2.04. The fraction of sp³-hybridized carbons (Fsp3) is 0.529. The molecule has 0 fully saturated rings. The van der Waals surface area contributed by atoms with Crippen molar-refractivity contribution < 1.29 is 14.3 Å². The molecule has 0 aromatic heterocycles. The Morgan fingerprint density at radius 1 is 1.23 bits per heavy atom. The number of hydrogen-bond donors (Lipinski definition) is 2. The number of carbonyl (C=O) groups is 2. The number of benzene rings is 1. The first-order chi connectivity index (χ1) is 10.3. The average molecular weight is 306 g/mol. The summed E-state index contributed by atoms with van der Waals surface area (Å²) in [5, 5.41) is 5.45. The number of amides is 2. The van der Waals surface area contributed by atoms with Crippen molar-refractivity contribution in [1.29, 1.82) is 0 Å². The van der Waals surface area contributed by atoms with Crippen molar-refractivity contribution in [1.82, 2.24) is 10.6 Å². The van der Waals surface area contributed by atoms with Gasteiger partial charge in [-0.1, -0.05) is 31.5 Å². The summed E-state index contributed by atoms with van der Waals surface area (Å²) in [6.45, 7) is 10.0. The predicted molar refractivity (Wildman–Crippen MR) is 86.9 cm³/mol. The van der Waals surface area contributed by atoms with E-state index in [4.69, 9.17) is 4.74 Å². The smallest absolute Gasteiger partial charge is 0.242 e. The first-order valence-electron chi connectivity index (χ1n) is 7.56. The Bertz CT molecular complexity index is 527. The molecule has 5 nitrogen and oxygen atoms in total. The highest BCUT2D eigenvalue weighted by atomic mass is 16.5. The van der Waals surface area contributed by atoms with Crippen LogP contribution < -0.4 is 15.4 Å². The Labute approximate surface area is 132 Å². The molecule has 1 atom stereocenters. The van der Waals surface area contributed by atoms with Gasteiger partial charge in [0.1, 0.15) is 18.4 Å². The van der Waals surface area contributed by atoms with E-state index in [-0.39, 0.29) is 17.7 Å². The van der Waals surface area contributed by atoms with Gasteiger partial charge in [-0.15, -0.1) is 0 Å². The van der Waals surface area contributed by atoms with Crippen molar-refractivity contribution >= 4 is 11.8 Å². The topological polar surface area (TPSA) is 67.4 Å². The van der Waals surface area contributed by atoms with E-state index >= 15 is 0 Å². The quantitative estimate of drug-likeness (QED) is 0.757. The van der Waals surface area contributed by atoms with Gasteiger partial charge in [0.25, 0.3) is 0 Å². The molecule has 1 rings (SSSR count). The fourth-order valence-electron chi connectivity index (χ4n) is 2.16. The minimum absolute atomic E-state index is 0.0316. The summed E-state index contributed by atoms with van der Waals surface area (Å²) < 4.78 is 5.66. The van der Waals surface area contributed by atoms with Crippen LogP contribution in [0.15, 0.2) is 18.2 Å². The molecule has 22 heavy (non-hydrogen) atoms. The standard InChI is InChI=1S/C17H26N2O3/c1-11(2)16(19-14(5)20)17(21)18-8-9-22-15-7-6-12(3)10-13(15)4/h6-7,10-11,16H,8-9H2,1-5H3,(H,18,21)(H,19,20)/t16-/m1/s1. The molecule has 1 aromatic rings. The van der Waals surface area contributed by atoms with Crippen LogP contribution in [0.5, 0.6) is 5.75 Å². The van der Waals surface area contributed by atoms with Crippen LogP contribution in [0, 0.1) is 19.8 Å². The Morgan fingerprint density at radius 2 is 1.91 bits per heavy atom. The Balaban J connectivity index is 2.42. The van der Waals surface area contributed by atoms with E-state index in [1.54, 1.807) is 0 Å². The van der Waals surface area contributed by atoms with Crippen LogP contribution in [0.25, 0.3) is 0 Å². The second kappa shape index (κ2) is 8.41. The maximum Gasteiger partial charge on any atom is 0.242 e. The van der Waals surface area contributed by atoms with Crippen LogP contribution in [-0.4, -0.2) is 31.0 Å². The number of hydrogen-bond acceptors (Lipinski definition) is 3. The number of rotatable bonds is 7. The van der Waals surface area contributed by atoms with E-state index in [9.17, 15) is 9.59 Å². The third-order valence-corrected chi connectivity index (χ3v) is 3.30. The predicted octanol–water partition coefficient (Wildman–Crippen LogP) is 1.96. The lowest BCUT2D eigenvalue weighted by molar-refractivity contribution is -0.129. The highest BCUT2D eigenvalue weighted by Gasteiger charge is 2.22. The summed E-state index contributed by atoms with van der Waals surface area (Å²) in [4.78, 5) is 23.2. The van der Waals surface area contributed by atoms with E-state index < -0.39 is 6.04 Å². The molecular weight excluding hydrogens is 280 g/mol. The van der Waals surface area contributed by atoms with Crippen molar-refractivity contribution in [2.45, 2.75) is 40.7 Å². The van der Waals surface area contributed by atoms with Gasteiger partial charge in [-0.2, -0.15) is 0 Å². The van der Waals surface area contributed by atoms with Gasteiger partial charge in [0, 0.05) is 6.92 Å². The van der Waals surface area contributed by atoms with Crippen molar-refractivity contribution in [3.8, 4) is 5.75 Å². The lowest BCUT2D eigenvalue weighted by Gasteiger charge is -2.21.